The average molecular weight is 238 g/mol. The van der Waals surface area contributed by atoms with Crippen LogP contribution in [0.5, 0.6) is 0 Å². The van der Waals surface area contributed by atoms with Crippen LogP contribution in [0.25, 0.3) is 0 Å². The van der Waals surface area contributed by atoms with Crippen LogP contribution < -0.4 is 5.73 Å². The quantitative estimate of drug-likeness (QED) is 0.876. The molecule has 1 rings (SSSR count). The summed E-state index contributed by atoms with van der Waals surface area (Å²) in [5.41, 5.74) is 6.45. The molecule has 4 nitrogen and oxygen atoms in total. The molecule has 0 aliphatic carbocycles. The highest BCUT2D eigenvalue weighted by molar-refractivity contribution is 4.98. The van der Waals surface area contributed by atoms with Gasteiger partial charge in [0.05, 0.1) is 0 Å². The molecule has 0 fully saturated rings. The van der Waals surface area contributed by atoms with Gasteiger partial charge in [-0.25, -0.2) is 0 Å². The summed E-state index contributed by atoms with van der Waals surface area (Å²) in [5, 5.41) is 8.38. The predicted octanol–water partition coefficient (Wildman–Crippen LogP) is 2.47. The van der Waals surface area contributed by atoms with E-state index in [1.807, 2.05) is 6.92 Å². The number of nitrogens with zero attached hydrogens (tertiary/aromatic N) is 3. The van der Waals surface area contributed by atoms with Crippen molar-refractivity contribution in [1.82, 2.24) is 14.8 Å². The van der Waals surface area contributed by atoms with Gasteiger partial charge in [-0.05, 0) is 32.6 Å². The topological polar surface area (TPSA) is 56.7 Å². The lowest BCUT2D eigenvalue weighted by molar-refractivity contribution is 0.334. The van der Waals surface area contributed by atoms with Gasteiger partial charge in [0.15, 0.2) is 0 Å². The van der Waals surface area contributed by atoms with E-state index in [2.05, 4.69) is 49.4 Å². The summed E-state index contributed by atoms with van der Waals surface area (Å²) in [6.45, 7) is 12.9. The van der Waals surface area contributed by atoms with Gasteiger partial charge in [-0.2, -0.15) is 0 Å². The van der Waals surface area contributed by atoms with Gasteiger partial charge < -0.3 is 10.3 Å². The van der Waals surface area contributed by atoms with Gasteiger partial charge in [0.25, 0.3) is 0 Å². The maximum Gasteiger partial charge on any atom is 0.134 e. The van der Waals surface area contributed by atoms with Crippen LogP contribution in [0.2, 0.25) is 0 Å². The van der Waals surface area contributed by atoms with Crippen LogP contribution in [0.3, 0.4) is 0 Å². The summed E-state index contributed by atoms with van der Waals surface area (Å²) in [4.78, 5) is 0. The lowest BCUT2D eigenvalue weighted by Crippen LogP contribution is -2.30. The highest BCUT2D eigenvalue weighted by atomic mass is 15.3. The Bertz CT molecular complexity index is 360. The fourth-order valence-corrected chi connectivity index (χ4v) is 2.32. The number of rotatable bonds is 4. The Hall–Kier alpha value is -0.900. The summed E-state index contributed by atoms with van der Waals surface area (Å²) < 4.78 is 2.17. The Balaban J connectivity index is 2.75. The van der Waals surface area contributed by atoms with Crippen molar-refractivity contribution in [3.8, 4) is 0 Å². The Morgan fingerprint density at radius 3 is 2.29 bits per heavy atom. The zero-order valence-electron chi connectivity index (χ0n) is 12.0. The number of hydrogen-bond donors (Lipinski definition) is 1. The second-order valence-corrected chi connectivity index (χ2v) is 6.36. The summed E-state index contributed by atoms with van der Waals surface area (Å²) in [5.74, 6) is 1.98. The third-order valence-corrected chi connectivity index (χ3v) is 2.77. The first-order valence-corrected chi connectivity index (χ1v) is 6.36. The van der Waals surface area contributed by atoms with E-state index in [0.717, 1.165) is 24.5 Å². The van der Waals surface area contributed by atoms with E-state index in [4.69, 9.17) is 5.73 Å². The minimum absolute atomic E-state index is 0.149. The van der Waals surface area contributed by atoms with Crippen molar-refractivity contribution in [2.75, 3.05) is 0 Å². The molecule has 0 aromatic carbocycles. The molecule has 0 radical (unpaired) electrons. The van der Waals surface area contributed by atoms with Gasteiger partial charge in [-0.15, -0.1) is 10.2 Å². The first kappa shape index (κ1) is 14.2. The van der Waals surface area contributed by atoms with E-state index >= 15 is 0 Å². The highest BCUT2D eigenvalue weighted by Gasteiger charge is 2.19. The molecular formula is C13H26N4. The van der Waals surface area contributed by atoms with Crippen LogP contribution in [0.4, 0.5) is 0 Å². The molecule has 1 aromatic rings. The van der Waals surface area contributed by atoms with Crippen molar-refractivity contribution in [2.24, 2.45) is 11.1 Å². The maximum absolute atomic E-state index is 6.19. The van der Waals surface area contributed by atoms with E-state index in [1.54, 1.807) is 0 Å². The van der Waals surface area contributed by atoms with Crippen molar-refractivity contribution in [2.45, 2.75) is 66.5 Å². The van der Waals surface area contributed by atoms with Crippen molar-refractivity contribution in [1.29, 1.82) is 0 Å². The van der Waals surface area contributed by atoms with E-state index in [9.17, 15) is 0 Å². The first-order valence-electron chi connectivity index (χ1n) is 6.36. The van der Waals surface area contributed by atoms with Crippen molar-refractivity contribution < 1.29 is 0 Å². The van der Waals surface area contributed by atoms with Gasteiger partial charge >= 0.3 is 0 Å². The molecule has 1 unspecified atom stereocenters. The van der Waals surface area contributed by atoms with Gasteiger partial charge in [-0.3, -0.25) is 0 Å². The van der Waals surface area contributed by atoms with E-state index in [1.165, 1.54) is 0 Å². The minimum Gasteiger partial charge on any atom is -0.327 e. The average Bonchev–Trinajstić information content (AvgIpc) is 2.42. The molecule has 2 N–H and O–H groups in total. The molecule has 1 aromatic heterocycles. The highest BCUT2D eigenvalue weighted by Crippen LogP contribution is 2.22. The maximum atomic E-state index is 6.19. The zero-order valence-corrected chi connectivity index (χ0v) is 12.0. The van der Waals surface area contributed by atoms with Gasteiger partial charge in [-0.1, -0.05) is 20.8 Å². The largest absolute Gasteiger partial charge is 0.327 e. The third-order valence-electron chi connectivity index (χ3n) is 2.77. The second kappa shape index (κ2) is 5.17. The molecular weight excluding hydrogens is 212 g/mol. The Morgan fingerprint density at radius 1 is 1.24 bits per heavy atom. The molecule has 0 aliphatic heterocycles. The first-order chi connectivity index (χ1) is 7.70. The molecule has 0 bridgehead atoms. The Labute approximate surface area is 105 Å². The van der Waals surface area contributed by atoms with Crippen LogP contribution >= 0.6 is 0 Å². The summed E-state index contributed by atoms with van der Waals surface area (Å²) in [6, 6.07) is 0.540. The Kier molecular flexibility index (Phi) is 4.31. The van der Waals surface area contributed by atoms with Crippen LogP contribution in [0, 0.1) is 12.3 Å². The van der Waals surface area contributed by atoms with Gasteiger partial charge in [0.1, 0.15) is 11.6 Å². The number of hydrogen-bond acceptors (Lipinski definition) is 3. The molecule has 0 amide bonds. The molecule has 98 valence electrons. The van der Waals surface area contributed by atoms with Crippen LogP contribution in [0.15, 0.2) is 0 Å². The molecule has 0 saturated heterocycles. The summed E-state index contributed by atoms with van der Waals surface area (Å²) in [6.07, 6.45) is 1.80. The molecule has 0 saturated carbocycles. The number of aromatic nitrogens is 3. The van der Waals surface area contributed by atoms with Gasteiger partial charge in [0, 0.05) is 18.5 Å². The molecule has 4 heteroatoms. The predicted molar refractivity (Wildman–Crippen MR) is 70.9 cm³/mol. The lowest BCUT2D eigenvalue weighted by atomic mass is 9.87. The minimum atomic E-state index is 0.149. The Morgan fingerprint density at radius 2 is 1.82 bits per heavy atom. The fraction of sp³-hybridized carbons (Fsp3) is 0.846. The van der Waals surface area contributed by atoms with Crippen LogP contribution in [0.1, 0.15) is 58.7 Å². The van der Waals surface area contributed by atoms with Crippen molar-refractivity contribution >= 4 is 0 Å². The van der Waals surface area contributed by atoms with Crippen molar-refractivity contribution in [3.63, 3.8) is 0 Å². The third kappa shape index (κ3) is 4.11. The van der Waals surface area contributed by atoms with Crippen molar-refractivity contribution in [3.05, 3.63) is 11.6 Å². The van der Waals surface area contributed by atoms with E-state index in [0.29, 0.717) is 6.04 Å². The molecule has 17 heavy (non-hydrogen) atoms. The summed E-state index contributed by atoms with van der Waals surface area (Å²) in [7, 11) is 0. The molecule has 1 heterocycles. The SMILES string of the molecule is Cc1nnc(CC(N)CC(C)(C)C)n1C(C)C. The molecule has 0 aliphatic rings. The normalized spacial score (nSPS) is 14.4. The smallest absolute Gasteiger partial charge is 0.134 e. The lowest BCUT2D eigenvalue weighted by Gasteiger charge is -2.23. The second-order valence-electron chi connectivity index (χ2n) is 6.36. The monoisotopic (exact) mass is 238 g/mol. The zero-order chi connectivity index (χ0) is 13.2. The number of aryl methyl sites for hydroxylation is 1. The van der Waals surface area contributed by atoms with Crippen LogP contribution in [-0.2, 0) is 6.42 Å². The molecule has 1 atom stereocenters. The van der Waals surface area contributed by atoms with E-state index in [-0.39, 0.29) is 11.5 Å². The van der Waals surface area contributed by atoms with Crippen LogP contribution in [-0.4, -0.2) is 20.8 Å². The fourth-order valence-electron chi connectivity index (χ4n) is 2.32. The molecule has 0 spiro atoms. The number of nitrogens with two attached hydrogens (primary N) is 1. The van der Waals surface area contributed by atoms with E-state index < -0.39 is 0 Å². The standard InChI is InChI=1S/C13H26N4/c1-9(2)17-10(3)15-16-12(17)7-11(14)8-13(4,5)6/h9,11H,7-8,14H2,1-6H3. The van der Waals surface area contributed by atoms with Gasteiger partial charge in [0.2, 0.25) is 0 Å². The summed E-state index contributed by atoms with van der Waals surface area (Å²) >= 11 is 0.